The lowest BCUT2D eigenvalue weighted by molar-refractivity contribution is -0.137. The molecular weight excluding hydrogens is 244 g/mol. The Bertz CT molecular complexity index is 214. The Morgan fingerprint density at radius 2 is 1.79 bits per heavy atom. The molecule has 0 rings (SSSR count). The van der Waals surface area contributed by atoms with Gasteiger partial charge in [-0.1, -0.05) is 40.5 Å². The first kappa shape index (κ1) is 20.7. The molecule has 4 nitrogen and oxygen atoms in total. The molecule has 2 N–H and O–H groups in total. The number of ether oxygens (including phenoxy) is 1. The minimum absolute atomic E-state index is 0.106. The quantitative estimate of drug-likeness (QED) is 0.633. The van der Waals surface area contributed by atoms with Gasteiger partial charge in [-0.3, -0.25) is 4.79 Å². The van der Waals surface area contributed by atoms with Gasteiger partial charge in [0.05, 0.1) is 12.7 Å². The van der Waals surface area contributed by atoms with Crippen LogP contribution in [-0.2, 0) is 9.53 Å². The first-order valence-corrected chi connectivity index (χ1v) is 7.29. The first-order valence-electron chi connectivity index (χ1n) is 7.29. The summed E-state index contributed by atoms with van der Waals surface area (Å²) in [5.41, 5.74) is -0.106. The van der Waals surface area contributed by atoms with E-state index in [2.05, 4.69) is 13.8 Å². The van der Waals surface area contributed by atoms with Crippen molar-refractivity contribution < 1.29 is 19.7 Å². The van der Waals surface area contributed by atoms with Crippen LogP contribution in [0.5, 0.6) is 0 Å². The molecular formula is C15H32O4. The van der Waals surface area contributed by atoms with E-state index in [1.54, 1.807) is 0 Å². The zero-order chi connectivity index (χ0) is 15.3. The van der Waals surface area contributed by atoms with Gasteiger partial charge in [-0.25, -0.2) is 0 Å². The molecule has 0 aliphatic rings. The second kappa shape index (κ2) is 12.4. The molecule has 0 aromatic rings. The molecule has 0 saturated carbocycles. The first-order chi connectivity index (χ1) is 8.85. The molecule has 0 heterocycles. The molecule has 19 heavy (non-hydrogen) atoms. The van der Waals surface area contributed by atoms with Gasteiger partial charge in [0.2, 0.25) is 0 Å². The number of carboxylic acids is 1. The highest BCUT2D eigenvalue weighted by Gasteiger charge is 2.27. The predicted molar refractivity (Wildman–Crippen MR) is 78.3 cm³/mol. The second-order valence-corrected chi connectivity index (χ2v) is 5.35. The van der Waals surface area contributed by atoms with Crippen LogP contribution >= 0.6 is 0 Å². The van der Waals surface area contributed by atoms with E-state index in [0.29, 0.717) is 6.42 Å². The molecule has 0 aliphatic heterocycles. The summed E-state index contributed by atoms with van der Waals surface area (Å²) in [6.07, 6.45) is 4.42. The lowest BCUT2D eigenvalue weighted by Gasteiger charge is -2.31. The molecule has 0 fully saturated rings. The standard InChI is InChI=1S/C9H20O2.C6H12O2/c1-5-8(11-6-2)9(3,4)7-10;1-2-3-4-5-6(7)8/h8,10H,5-7H2,1-4H3;2-5H2,1H3,(H,7,8). The highest BCUT2D eigenvalue weighted by atomic mass is 16.5. The average molecular weight is 276 g/mol. The Kier molecular flexibility index (Phi) is 13.5. The molecule has 0 radical (unpaired) electrons. The monoisotopic (exact) mass is 276 g/mol. The summed E-state index contributed by atoms with van der Waals surface area (Å²) in [5, 5.41) is 17.2. The van der Waals surface area contributed by atoms with Gasteiger partial charge in [0.25, 0.3) is 0 Å². The summed E-state index contributed by atoms with van der Waals surface area (Å²) in [7, 11) is 0. The predicted octanol–water partition coefficient (Wildman–Crippen LogP) is 3.47. The average Bonchev–Trinajstić information content (AvgIpc) is 2.36. The number of carboxylic acid groups (broad SMARTS) is 1. The van der Waals surface area contributed by atoms with Gasteiger partial charge in [-0.2, -0.15) is 0 Å². The van der Waals surface area contributed by atoms with Crippen molar-refractivity contribution in [1.29, 1.82) is 0 Å². The fourth-order valence-corrected chi connectivity index (χ4v) is 1.73. The highest BCUT2D eigenvalue weighted by Crippen LogP contribution is 2.24. The number of aliphatic hydroxyl groups is 1. The zero-order valence-electron chi connectivity index (χ0n) is 13.2. The van der Waals surface area contributed by atoms with Gasteiger partial charge < -0.3 is 14.9 Å². The van der Waals surface area contributed by atoms with Crippen LogP contribution in [0.15, 0.2) is 0 Å². The topological polar surface area (TPSA) is 66.8 Å². The number of aliphatic hydroxyl groups excluding tert-OH is 1. The smallest absolute Gasteiger partial charge is 0.303 e. The van der Waals surface area contributed by atoms with Gasteiger partial charge in [-0.05, 0) is 19.8 Å². The highest BCUT2D eigenvalue weighted by molar-refractivity contribution is 5.66. The summed E-state index contributed by atoms with van der Waals surface area (Å²) in [6.45, 7) is 11.1. The van der Waals surface area contributed by atoms with E-state index < -0.39 is 5.97 Å². The number of unbranched alkanes of at least 4 members (excludes halogenated alkanes) is 2. The molecule has 116 valence electrons. The summed E-state index contributed by atoms with van der Waals surface area (Å²) < 4.78 is 5.49. The Hall–Kier alpha value is -0.610. The van der Waals surface area contributed by atoms with Crippen molar-refractivity contribution in [3.63, 3.8) is 0 Å². The van der Waals surface area contributed by atoms with E-state index in [1.807, 2.05) is 20.8 Å². The Labute approximate surface area is 118 Å². The lowest BCUT2D eigenvalue weighted by Crippen LogP contribution is -2.34. The number of hydrogen-bond acceptors (Lipinski definition) is 3. The maximum absolute atomic E-state index is 9.87. The molecule has 0 aromatic heterocycles. The zero-order valence-corrected chi connectivity index (χ0v) is 13.2. The Morgan fingerprint density at radius 1 is 1.21 bits per heavy atom. The van der Waals surface area contributed by atoms with Crippen LogP contribution in [0.25, 0.3) is 0 Å². The number of rotatable bonds is 9. The fourth-order valence-electron chi connectivity index (χ4n) is 1.73. The van der Waals surface area contributed by atoms with Crippen molar-refractivity contribution in [3.05, 3.63) is 0 Å². The molecule has 0 amide bonds. The van der Waals surface area contributed by atoms with Crippen LogP contribution in [0.4, 0.5) is 0 Å². The molecule has 0 aromatic carbocycles. The van der Waals surface area contributed by atoms with Crippen molar-refractivity contribution in [3.8, 4) is 0 Å². The van der Waals surface area contributed by atoms with Gasteiger partial charge in [-0.15, -0.1) is 0 Å². The summed E-state index contributed by atoms with van der Waals surface area (Å²) in [4.78, 5) is 9.87. The van der Waals surface area contributed by atoms with Crippen LogP contribution in [0, 0.1) is 5.41 Å². The number of hydrogen-bond donors (Lipinski definition) is 2. The fraction of sp³-hybridized carbons (Fsp3) is 0.933. The maximum atomic E-state index is 9.87. The van der Waals surface area contributed by atoms with Crippen LogP contribution in [0.3, 0.4) is 0 Å². The molecule has 4 heteroatoms. The molecule has 1 atom stereocenters. The van der Waals surface area contributed by atoms with Crippen molar-refractivity contribution in [2.75, 3.05) is 13.2 Å². The summed E-state index contributed by atoms with van der Waals surface area (Å²) in [6, 6.07) is 0. The van der Waals surface area contributed by atoms with Crippen LogP contribution in [0.2, 0.25) is 0 Å². The lowest BCUT2D eigenvalue weighted by atomic mass is 9.86. The van der Waals surface area contributed by atoms with Crippen LogP contribution in [-0.4, -0.2) is 35.5 Å². The maximum Gasteiger partial charge on any atom is 0.303 e. The van der Waals surface area contributed by atoms with Crippen molar-refractivity contribution in [1.82, 2.24) is 0 Å². The number of aliphatic carboxylic acids is 1. The van der Waals surface area contributed by atoms with Gasteiger partial charge in [0, 0.05) is 18.4 Å². The van der Waals surface area contributed by atoms with E-state index >= 15 is 0 Å². The Balaban J connectivity index is 0. The molecule has 0 bridgehead atoms. The van der Waals surface area contributed by atoms with Gasteiger partial charge in [0.15, 0.2) is 0 Å². The van der Waals surface area contributed by atoms with Crippen molar-refractivity contribution >= 4 is 5.97 Å². The van der Waals surface area contributed by atoms with E-state index in [9.17, 15) is 4.79 Å². The van der Waals surface area contributed by atoms with Gasteiger partial charge >= 0.3 is 5.97 Å². The van der Waals surface area contributed by atoms with Crippen LogP contribution < -0.4 is 0 Å². The molecule has 1 unspecified atom stereocenters. The van der Waals surface area contributed by atoms with Crippen molar-refractivity contribution in [2.45, 2.75) is 72.8 Å². The second-order valence-electron chi connectivity index (χ2n) is 5.35. The Morgan fingerprint density at radius 3 is 2.11 bits per heavy atom. The molecule has 0 saturated heterocycles. The van der Waals surface area contributed by atoms with Crippen molar-refractivity contribution in [2.24, 2.45) is 5.41 Å². The van der Waals surface area contributed by atoms with E-state index in [4.69, 9.17) is 14.9 Å². The largest absolute Gasteiger partial charge is 0.481 e. The molecule has 0 spiro atoms. The molecule has 0 aliphatic carbocycles. The van der Waals surface area contributed by atoms with Crippen LogP contribution in [0.1, 0.15) is 66.7 Å². The minimum atomic E-state index is -0.682. The summed E-state index contributed by atoms with van der Waals surface area (Å²) in [5.74, 6) is -0.682. The normalized spacial score (nSPS) is 12.5. The third kappa shape index (κ3) is 12.2. The van der Waals surface area contributed by atoms with Gasteiger partial charge in [0.1, 0.15) is 0 Å². The number of carbonyl (C=O) groups is 1. The summed E-state index contributed by atoms with van der Waals surface area (Å²) >= 11 is 0. The van der Waals surface area contributed by atoms with E-state index in [1.165, 1.54) is 0 Å². The third-order valence-corrected chi connectivity index (χ3v) is 3.01. The SMILES string of the molecule is CCCCCC(=O)O.CCOC(CC)C(C)(C)CO. The van der Waals surface area contributed by atoms with E-state index in [0.717, 1.165) is 32.3 Å². The van der Waals surface area contributed by atoms with E-state index in [-0.39, 0.29) is 18.1 Å². The third-order valence-electron chi connectivity index (χ3n) is 3.01. The minimum Gasteiger partial charge on any atom is -0.481 e.